The summed E-state index contributed by atoms with van der Waals surface area (Å²) < 4.78 is 27.3. The van der Waals surface area contributed by atoms with Crippen LogP contribution in [-0.2, 0) is 10.0 Å². The minimum atomic E-state index is -3.54. The Morgan fingerprint density at radius 2 is 1.88 bits per heavy atom. The van der Waals surface area contributed by atoms with Crippen molar-refractivity contribution in [3.8, 4) is 0 Å². The second-order valence-electron chi connectivity index (χ2n) is 6.42. The predicted molar refractivity (Wildman–Crippen MR) is 101 cm³/mol. The summed E-state index contributed by atoms with van der Waals surface area (Å²) in [4.78, 5) is 14.1. The standard InChI is InChI=1S/C17H28N4O3S/c1-4-10-18-17(22)19-15-13-14(8-9-16(15)20(2)3)25(23,24)21-11-6-5-7-12-21/h8-9,13H,4-7,10-12H2,1-3H3,(H2,18,19,22). The molecule has 0 spiro atoms. The highest BCUT2D eigenvalue weighted by Gasteiger charge is 2.27. The van der Waals surface area contributed by atoms with Gasteiger partial charge in [0.25, 0.3) is 0 Å². The van der Waals surface area contributed by atoms with Crippen molar-refractivity contribution in [2.24, 2.45) is 0 Å². The first-order chi connectivity index (χ1) is 11.9. The fourth-order valence-corrected chi connectivity index (χ4v) is 4.37. The van der Waals surface area contributed by atoms with Gasteiger partial charge in [0.2, 0.25) is 10.0 Å². The van der Waals surface area contributed by atoms with Crippen LogP contribution in [0.2, 0.25) is 0 Å². The first-order valence-corrected chi connectivity index (χ1v) is 10.2. The highest BCUT2D eigenvalue weighted by atomic mass is 32.2. The zero-order valence-electron chi connectivity index (χ0n) is 15.2. The van der Waals surface area contributed by atoms with E-state index in [1.54, 1.807) is 18.2 Å². The molecule has 1 heterocycles. The van der Waals surface area contributed by atoms with Crippen LogP contribution in [0.25, 0.3) is 0 Å². The summed E-state index contributed by atoms with van der Waals surface area (Å²) >= 11 is 0. The predicted octanol–water partition coefficient (Wildman–Crippen LogP) is 2.46. The van der Waals surface area contributed by atoms with E-state index in [1.807, 2.05) is 25.9 Å². The topological polar surface area (TPSA) is 81.8 Å². The summed E-state index contributed by atoms with van der Waals surface area (Å²) in [5.41, 5.74) is 1.24. The molecule has 0 bridgehead atoms. The summed E-state index contributed by atoms with van der Waals surface area (Å²) in [5.74, 6) is 0. The Bertz CT molecular complexity index is 698. The van der Waals surface area contributed by atoms with E-state index in [4.69, 9.17) is 0 Å². The number of piperidine rings is 1. The lowest BCUT2D eigenvalue weighted by Crippen LogP contribution is -2.35. The smallest absolute Gasteiger partial charge is 0.319 e. The number of hydrogen-bond donors (Lipinski definition) is 2. The maximum atomic E-state index is 12.9. The molecule has 1 fully saturated rings. The quantitative estimate of drug-likeness (QED) is 0.808. The molecule has 25 heavy (non-hydrogen) atoms. The molecule has 0 atom stereocenters. The molecular weight excluding hydrogens is 340 g/mol. The number of carbonyl (C=O) groups excluding carboxylic acids is 1. The van der Waals surface area contributed by atoms with Gasteiger partial charge in [-0.1, -0.05) is 13.3 Å². The molecule has 0 radical (unpaired) electrons. The molecule has 2 rings (SSSR count). The van der Waals surface area contributed by atoms with Crippen molar-refractivity contribution < 1.29 is 13.2 Å². The highest BCUT2D eigenvalue weighted by Crippen LogP contribution is 2.30. The molecule has 1 aliphatic rings. The minimum Gasteiger partial charge on any atom is -0.376 e. The summed E-state index contributed by atoms with van der Waals surface area (Å²) in [6, 6.07) is 4.54. The Labute approximate surface area is 150 Å². The molecule has 8 heteroatoms. The van der Waals surface area contributed by atoms with E-state index in [0.717, 1.165) is 31.4 Å². The third-order valence-electron chi connectivity index (χ3n) is 4.19. The van der Waals surface area contributed by atoms with Gasteiger partial charge in [-0.3, -0.25) is 0 Å². The van der Waals surface area contributed by atoms with Gasteiger partial charge >= 0.3 is 6.03 Å². The number of nitrogens with zero attached hydrogens (tertiary/aromatic N) is 2. The average molecular weight is 369 g/mol. The lowest BCUT2D eigenvalue weighted by molar-refractivity contribution is 0.252. The normalized spacial score (nSPS) is 15.6. The van der Waals surface area contributed by atoms with Gasteiger partial charge in [0.05, 0.1) is 16.3 Å². The van der Waals surface area contributed by atoms with Crippen LogP contribution in [0.5, 0.6) is 0 Å². The van der Waals surface area contributed by atoms with Crippen molar-refractivity contribution in [1.82, 2.24) is 9.62 Å². The Balaban J connectivity index is 2.31. The van der Waals surface area contributed by atoms with Crippen molar-refractivity contribution >= 4 is 27.4 Å². The third kappa shape index (κ3) is 4.85. The molecule has 0 aromatic heterocycles. The molecule has 1 aliphatic heterocycles. The van der Waals surface area contributed by atoms with Gasteiger partial charge in [-0.25, -0.2) is 13.2 Å². The zero-order valence-corrected chi connectivity index (χ0v) is 16.0. The lowest BCUT2D eigenvalue weighted by atomic mass is 10.2. The van der Waals surface area contributed by atoms with Crippen molar-refractivity contribution in [2.45, 2.75) is 37.5 Å². The van der Waals surface area contributed by atoms with Crippen LogP contribution >= 0.6 is 0 Å². The van der Waals surface area contributed by atoms with Crippen LogP contribution in [0, 0.1) is 0 Å². The number of anilines is 2. The van der Waals surface area contributed by atoms with E-state index in [1.165, 1.54) is 4.31 Å². The average Bonchev–Trinajstić information content (AvgIpc) is 2.60. The van der Waals surface area contributed by atoms with Gasteiger partial charge in [0.1, 0.15) is 0 Å². The maximum Gasteiger partial charge on any atom is 0.319 e. The van der Waals surface area contributed by atoms with Crippen LogP contribution in [0.3, 0.4) is 0 Å². The Hall–Kier alpha value is -1.80. The number of nitrogens with one attached hydrogen (secondary N) is 2. The second kappa shape index (κ2) is 8.53. The molecule has 0 unspecified atom stereocenters. The van der Waals surface area contributed by atoms with Crippen LogP contribution in [0.1, 0.15) is 32.6 Å². The molecule has 2 N–H and O–H groups in total. The van der Waals surface area contributed by atoms with Crippen LogP contribution in [-0.4, -0.2) is 52.5 Å². The molecule has 7 nitrogen and oxygen atoms in total. The van der Waals surface area contributed by atoms with E-state index >= 15 is 0 Å². The second-order valence-corrected chi connectivity index (χ2v) is 8.36. The summed E-state index contributed by atoms with van der Waals surface area (Å²) in [6.45, 7) is 3.64. The molecule has 1 saturated heterocycles. The van der Waals surface area contributed by atoms with Crippen LogP contribution in [0.15, 0.2) is 23.1 Å². The van der Waals surface area contributed by atoms with Crippen molar-refractivity contribution in [2.75, 3.05) is 43.9 Å². The minimum absolute atomic E-state index is 0.214. The van der Waals surface area contributed by atoms with E-state index < -0.39 is 10.0 Å². The number of urea groups is 1. The van der Waals surface area contributed by atoms with E-state index in [2.05, 4.69) is 10.6 Å². The summed E-state index contributed by atoms with van der Waals surface area (Å²) in [5, 5.41) is 5.51. The van der Waals surface area contributed by atoms with Gasteiger partial charge in [-0.15, -0.1) is 0 Å². The SMILES string of the molecule is CCCNC(=O)Nc1cc(S(=O)(=O)N2CCCCC2)ccc1N(C)C. The first kappa shape index (κ1) is 19.5. The van der Waals surface area contributed by atoms with E-state index in [0.29, 0.717) is 25.3 Å². The molecule has 1 aromatic rings. The maximum absolute atomic E-state index is 12.9. The zero-order chi connectivity index (χ0) is 18.4. The monoisotopic (exact) mass is 368 g/mol. The lowest BCUT2D eigenvalue weighted by Gasteiger charge is -2.26. The van der Waals surface area contributed by atoms with Crippen molar-refractivity contribution in [1.29, 1.82) is 0 Å². The van der Waals surface area contributed by atoms with Gasteiger partial charge < -0.3 is 15.5 Å². The van der Waals surface area contributed by atoms with Crippen LogP contribution < -0.4 is 15.5 Å². The Morgan fingerprint density at radius 1 is 1.20 bits per heavy atom. The van der Waals surface area contributed by atoms with Gasteiger partial charge in [0.15, 0.2) is 0 Å². The molecule has 140 valence electrons. The van der Waals surface area contributed by atoms with E-state index in [9.17, 15) is 13.2 Å². The number of benzene rings is 1. The number of sulfonamides is 1. The molecule has 0 aliphatic carbocycles. The van der Waals surface area contributed by atoms with Crippen LogP contribution in [0.4, 0.5) is 16.2 Å². The highest BCUT2D eigenvalue weighted by molar-refractivity contribution is 7.89. The third-order valence-corrected chi connectivity index (χ3v) is 6.08. The van der Waals surface area contributed by atoms with Crippen molar-refractivity contribution in [3.05, 3.63) is 18.2 Å². The number of carbonyl (C=O) groups is 1. The number of rotatable bonds is 6. The first-order valence-electron chi connectivity index (χ1n) is 8.72. The number of amides is 2. The number of hydrogen-bond acceptors (Lipinski definition) is 4. The molecule has 0 saturated carbocycles. The van der Waals surface area contributed by atoms with Crippen molar-refractivity contribution in [3.63, 3.8) is 0 Å². The largest absolute Gasteiger partial charge is 0.376 e. The Morgan fingerprint density at radius 3 is 2.48 bits per heavy atom. The summed E-state index contributed by atoms with van der Waals surface area (Å²) in [7, 11) is 0.164. The summed E-state index contributed by atoms with van der Waals surface area (Å²) in [6.07, 6.45) is 3.67. The Kier molecular flexibility index (Phi) is 6.66. The molecular formula is C17H28N4O3S. The molecule has 2 amide bonds. The molecule has 1 aromatic carbocycles. The van der Waals surface area contributed by atoms with E-state index in [-0.39, 0.29) is 10.9 Å². The van der Waals surface area contributed by atoms with Gasteiger partial charge in [0, 0.05) is 33.7 Å². The van der Waals surface area contributed by atoms with Gasteiger partial charge in [-0.2, -0.15) is 4.31 Å². The van der Waals surface area contributed by atoms with Gasteiger partial charge in [-0.05, 0) is 37.5 Å². The fourth-order valence-electron chi connectivity index (χ4n) is 2.83. The fraction of sp³-hybridized carbons (Fsp3) is 0.588.